The van der Waals surface area contributed by atoms with Crippen LogP contribution in [0.4, 0.5) is 10.2 Å². The molecule has 1 aromatic heterocycles. The van der Waals surface area contributed by atoms with Gasteiger partial charge in [0.05, 0.1) is 0 Å². The number of ether oxygens (including phenoxy) is 1. The van der Waals surface area contributed by atoms with E-state index in [1.807, 2.05) is 0 Å². The number of halogens is 1. The first kappa shape index (κ1) is 11.3. The Bertz CT molecular complexity index is 531. The van der Waals surface area contributed by atoms with Gasteiger partial charge in [0.2, 0.25) is 0 Å². The van der Waals surface area contributed by atoms with Gasteiger partial charge in [0.15, 0.2) is 17.4 Å². The van der Waals surface area contributed by atoms with Gasteiger partial charge in [-0.25, -0.2) is 14.4 Å². The lowest BCUT2D eigenvalue weighted by Gasteiger charge is -2.07. The molecule has 0 aliphatic carbocycles. The lowest BCUT2D eigenvalue weighted by Crippen LogP contribution is -2.04. The Morgan fingerprint density at radius 1 is 1.35 bits per heavy atom. The van der Waals surface area contributed by atoms with Crippen molar-refractivity contribution in [1.82, 2.24) is 9.97 Å². The average molecular weight is 233 g/mol. The molecule has 0 atom stereocenters. The Morgan fingerprint density at radius 2 is 2.18 bits per heavy atom. The number of hydrogen-bond acceptors (Lipinski definition) is 4. The Kier molecular flexibility index (Phi) is 3.18. The minimum Gasteiger partial charge on any atom is -0.483 e. The Morgan fingerprint density at radius 3 is 2.94 bits per heavy atom. The van der Waals surface area contributed by atoms with Crippen LogP contribution < -0.4 is 10.5 Å². The zero-order valence-electron chi connectivity index (χ0n) is 9.35. The van der Waals surface area contributed by atoms with Crippen LogP contribution in [0.25, 0.3) is 0 Å². The smallest absolute Gasteiger partial charge is 0.168 e. The summed E-state index contributed by atoms with van der Waals surface area (Å²) in [4.78, 5) is 7.93. The van der Waals surface area contributed by atoms with Gasteiger partial charge in [0, 0.05) is 6.20 Å². The summed E-state index contributed by atoms with van der Waals surface area (Å²) >= 11 is 0. The Balaban J connectivity index is 2.10. The van der Waals surface area contributed by atoms with Crippen molar-refractivity contribution in [3.63, 3.8) is 0 Å². The molecule has 0 saturated carbocycles. The summed E-state index contributed by atoms with van der Waals surface area (Å²) in [7, 11) is 0. The molecular formula is C12H12FN3O. The van der Waals surface area contributed by atoms with Gasteiger partial charge in [0.1, 0.15) is 12.4 Å². The van der Waals surface area contributed by atoms with Crippen LogP contribution in [0.3, 0.4) is 0 Å². The van der Waals surface area contributed by atoms with E-state index in [1.165, 1.54) is 6.20 Å². The molecule has 0 unspecified atom stereocenters. The number of nitrogens with zero attached hydrogens (tertiary/aromatic N) is 2. The van der Waals surface area contributed by atoms with Crippen molar-refractivity contribution < 1.29 is 9.13 Å². The fourth-order valence-electron chi connectivity index (χ4n) is 1.36. The second-order valence-electron chi connectivity index (χ2n) is 3.57. The SMILES string of the molecule is Cc1cccc(OCc2nccc(N)n2)c1F. The van der Waals surface area contributed by atoms with E-state index in [9.17, 15) is 4.39 Å². The molecule has 0 amide bonds. The van der Waals surface area contributed by atoms with E-state index < -0.39 is 0 Å². The molecular weight excluding hydrogens is 221 g/mol. The van der Waals surface area contributed by atoms with Crippen molar-refractivity contribution in [2.24, 2.45) is 0 Å². The lowest BCUT2D eigenvalue weighted by atomic mass is 10.2. The third kappa shape index (κ3) is 2.69. The predicted molar refractivity (Wildman–Crippen MR) is 61.9 cm³/mol. The van der Waals surface area contributed by atoms with Crippen LogP contribution >= 0.6 is 0 Å². The van der Waals surface area contributed by atoms with Gasteiger partial charge in [-0.15, -0.1) is 0 Å². The van der Waals surface area contributed by atoms with Gasteiger partial charge in [-0.1, -0.05) is 12.1 Å². The molecule has 1 aromatic carbocycles. The van der Waals surface area contributed by atoms with Crippen molar-refractivity contribution in [1.29, 1.82) is 0 Å². The maximum absolute atomic E-state index is 13.6. The van der Waals surface area contributed by atoms with Crippen molar-refractivity contribution in [3.8, 4) is 5.75 Å². The van der Waals surface area contributed by atoms with E-state index in [0.717, 1.165) is 0 Å². The van der Waals surface area contributed by atoms with Gasteiger partial charge in [-0.3, -0.25) is 0 Å². The van der Waals surface area contributed by atoms with Crippen molar-refractivity contribution in [2.45, 2.75) is 13.5 Å². The number of hydrogen-bond donors (Lipinski definition) is 1. The van der Waals surface area contributed by atoms with Crippen LogP contribution in [-0.2, 0) is 6.61 Å². The highest BCUT2D eigenvalue weighted by Crippen LogP contribution is 2.20. The average Bonchev–Trinajstić information content (AvgIpc) is 2.31. The molecule has 0 aliphatic rings. The first-order valence-electron chi connectivity index (χ1n) is 5.12. The van der Waals surface area contributed by atoms with Crippen LogP contribution in [0.1, 0.15) is 11.4 Å². The zero-order chi connectivity index (χ0) is 12.3. The number of anilines is 1. The number of nitrogens with two attached hydrogens (primary N) is 1. The fourth-order valence-corrected chi connectivity index (χ4v) is 1.36. The van der Waals surface area contributed by atoms with E-state index in [4.69, 9.17) is 10.5 Å². The maximum atomic E-state index is 13.6. The quantitative estimate of drug-likeness (QED) is 0.881. The van der Waals surface area contributed by atoms with Crippen LogP contribution in [-0.4, -0.2) is 9.97 Å². The number of aromatic nitrogens is 2. The molecule has 2 rings (SSSR count). The largest absolute Gasteiger partial charge is 0.483 e. The maximum Gasteiger partial charge on any atom is 0.168 e. The summed E-state index contributed by atoms with van der Waals surface area (Å²) in [6.45, 7) is 1.77. The summed E-state index contributed by atoms with van der Waals surface area (Å²) < 4.78 is 18.9. The summed E-state index contributed by atoms with van der Waals surface area (Å²) in [6.07, 6.45) is 1.54. The molecule has 0 bridgehead atoms. The summed E-state index contributed by atoms with van der Waals surface area (Å²) in [6, 6.07) is 6.55. The molecule has 0 fully saturated rings. The zero-order valence-corrected chi connectivity index (χ0v) is 9.35. The van der Waals surface area contributed by atoms with Crippen molar-refractivity contribution >= 4 is 5.82 Å². The lowest BCUT2D eigenvalue weighted by molar-refractivity contribution is 0.280. The highest BCUT2D eigenvalue weighted by atomic mass is 19.1. The first-order valence-corrected chi connectivity index (χ1v) is 5.12. The normalized spacial score (nSPS) is 10.2. The second kappa shape index (κ2) is 4.78. The minimum absolute atomic E-state index is 0.0887. The first-order chi connectivity index (χ1) is 8.16. The molecule has 0 spiro atoms. The molecule has 4 nitrogen and oxygen atoms in total. The van der Waals surface area contributed by atoms with Crippen LogP contribution in [0.15, 0.2) is 30.5 Å². The summed E-state index contributed by atoms with van der Waals surface area (Å²) in [5, 5.41) is 0. The van der Waals surface area contributed by atoms with Gasteiger partial charge in [-0.05, 0) is 24.6 Å². The van der Waals surface area contributed by atoms with Gasteiger partial charge >= 0.3 is 0 Å². The topological polar surface area (TPSA) is 61.0 Å². The molecule has 17 heavy (non-hydrogen) atoms. The molecule has 0 radical (unpaired) electrons. The molecule has 5 heteroatoms. The van der Waals surface area contributed by atoms with Gasteiger partial charge in [0.25, 0.3) is 0 Å². The fraction of sp³-hybridized carbons (Fsp3) is 0.167. The molecule has 2 N–H and O–H groups in total. The minimum atomic E-state index is -0.364. The van der Waals surface area contributed by atoms with E-state index in [2.05, 4.69) is 9.97 Å². The predicted octanol–water partition coefficient (Wildman–Crippen LogP) is 2.09. The molecule has 1 heterocycles. The Labute approximate surface area is 98.3 Å². The molecule has 2 aromatic rings. The van der Waals surface area contributed by atoms with Crippen LogP contribution in [0.2, 0.25) is 0 Å². The highest BCUT2D eigenvalue weighted by Gasteiger charge is 2.06. The van der Waals surface area contributed by atoms with Crippen molar-refractivity contribution in [2.75, 3.05) is 5.73 Å². The number of aryl methyl sites for hydroxylation is 1. The van der Waals surface area contributed by atoms with Crippen LogP contribution in [0.5, 0.6) is 5.75 Å². The van der Waals surface area contributed by atoms with E-state index in [1.54, 1.807) is 31.2 Å². The van der Waals surface area contributed by atoms with E-state index in [0.29, 0.717) is 17.2 Å². The number of rotatable bonds is 3. The van der Waals surface area contributed by atoms with Crippen LogP contribution in [0, 0.1) is 12.7 Å². The summed E-state index contributed by atoms with van der Waals surface area (Å²) in [5.74, 6) is 0.613. The summed E-state index contributed by atoms with van der Waals surface area (Å²) in [5.41, 5.74) is 6.04. The monoisotopic (exact) mass is 233 g/mol. The second-order valence-corrected chi connectivity index (χ2v) is 3.57. The van der Waals surface area contributed by atoms with E-state index >= 15 is 0 Å². The number of benzene rings is 1. The molecule has 0 saturated heterocycles. The third-order valence-corrected chi connectivity index (χ3v) is 2.24. The molecule has 88 valence electrons. The molecule has 0 aliphatic heterocycles. The number of nitrogen functional groups attached to an aromatic ring is 1. The highest BCUT2D eigenvalue weighted by molar-refractivity contribution is 5.30. The van der Waals surface area contributed by atoms with Gasteiger partial charge < -0.3 is 10.5 Å². The van der Waals surface area contributed by atoms with Crippen molar-refractivity contribution in [3.05, 3.63) is 47.7 Å². The van der Waals surface area contributed by atoms with E-state index in [-0.39, 0.29) is 18.2 Å². The standard InChI is InChI=1S/C12H12FN3O/c1-8-3-2-4-9(12(8)13)17-7-11-15-6-5-10(14)16-11/h2-6H,7H2,1H3,(H2,14,15,16). The Hall–Kier alpha value is -2.17. The third-order valence-electron chi connectivity index (χ3n) is 2.24. The van der Waals surface area contributed by atoms with Gasteiger partial charge in [-0.2, -0.15) is 0 Å².